The fourth-order valence-corrected chi connectivity index (χ4v) is 2.19. The van der Waals surface area contributed by atoms with Crippen molar-refractivity contribution in [1.29, 1.82) is 0 Å². The third kappa shape index (κ3) is 3.08. The van der Waals surface area contributed by atoms with Gasteiger partial charge >= 0.3 is 11.9 Å². The standard InChI is InChI=1S/C12H14ClN5O4/c1-21-10(19)6(11(20)22-2)3-4-18-5-15-7-8(13)16-12(14)17-9(7)18/h5-6H,3-4H2,1-2H3,(H2,14,16,17). The van der Waals surface area contributed by atoms with Crippen molar-refractivity contribution in [2.45, 2.75) is 13.0 Å². The van der Waals surface area contributed by atoms with E-state index in [4.69, 9.17) is 17.3 Å². The van der Waals surface area contributed by atoms with E-state index in [0.29, 0.717) is 11.2 Å². The van der Waals surface area contributed by atoms with Crippen LogP contribution in [0, 0.1) is 5.92 Å². The number of halogens is 1. The Morgan fingerprint density at radius 1 is 1.32 bits per heavy atom. The second kappa shape index (κ2) is 6.56. The summed E-state index contributed by atoms with van der Waals surface area (Å²) in [6.45, 7) is 0.276. The van der Waals surface area contributed by atoms with Gasteiger partial charge in [-0.15, -0.1) is 0 Å². The van der Waals surface area contributed by atoms with E-state index in [9.17, 15) is 9.59 Å². The molecule has 0 spiro atoms. The normalized spacial score (nSPS) is 10.9. The van der Waals surface area contributed by atoms with Gasteiger partial charge in [-0.3, -0.25) is 9.59 Å². The van der Waals surface area contributed by atoms with Crippen molar-refractivity contribution >= 4 is 40.7 Å². The Balaban J connectivity index is 2.23. The summed E-state index contributed by atoms with van der Waals surface area (Å²) in [5, 5.41) is 0.138. The van der Waals surface area contributed by atoms with E-state index >= 15 is 0 Å². The number of fused-ring (bicyclic) bond motifs is 1. The van der Waals surface area contributed by atoms with Gasteiger partial charge in [0.25, 0.3) is 0 Å². The number of imidazole rings is 1. The molecular formula is C12H14ClN5O4. The number of hydrogen-bond donors (Lipinski definition) is 1. The van der Waals surface area contributed by atoms with Crippen LogP contribution in [0.4, 0.5) is 5.95 Å². The van der Waals surface area contributed by atoms with Gasteiger partial charge in [0, 0.05) is 6.54 Å². The van der Waals surface area contributed by atoms with Crippen LogP contribution in [0.15, 0.2) is 6.33 Å². The topological polar surface area (TPSA) is 122 Å². The summed E-state index contributed by atoms with van der Waals surface area (Å²) in [5.41, 5.74) is 6.37. The van der Waals surface area contributed by atoms with Crippen LogP contribution < -0.4 is 5.73 Å². The molecular weight excluding hydrogens is 314 g/mol. The first-order chi connectivity index (χ1) is 10.5. The minimum atomic E-state index is -1.03. The van der Waals surface area contributed by atoms with Crippen LogP contribution in [0.2, 0.25) is 5.15 Å². The number of anilines is 1. The van der Waals surface area contributed by atoms with E-state index in [1.54, 1.807) is 4.57 Å². The fraction of sp³-hybridized carbons (Fsp3) is 0.417. The predicted molar refractivity (Wildman–Crippen MR) is 76.9 cm³/mol. The number of carbonyl (C=O) groups is 2. The average Bonchev–Trinajstić information content (AvgIpc) is 2.90. The van der Waals surface area contributed by atoms with Gasteiger partial charge in [-0.25, -0.2) is 4.98 Å². The maximum absolute atomic E-state index is 11.6. The molecule has 0 aliphatic rings. The molecule has 0 radical (unpaired) electrons. The van der Waals surface area contributed by atoms with Gasteiger partial charge in [-0.2, -0.15) is 9.97 Å². The number of carbonyl (C=O) groups excluding carboxylic acids is 2. The third-order valence-electron chi connectivity index (χ3n) is 3.07. The molecule has 2 aromatic rings. The Hall–Kier alpha value is -2.42. The summed E-state index contributed by atoms with van der Waals surface area (Å²) >= 11 is 5.93. The molecule has 0 aromatic carbocycles. The van der Waals surface area contributed by atoms with Crippen LogP contribution >= 0.6 is 11.6 Å². The summed E-state index contributed by atoms with van der Waals surface area (Å²) < 4.78 is 10.8. The molecule has 0 aliphatic carbocycles. The number of hydrogen-bond acceptors (Lipinski definition) is 8. The molecule has 22 heavy (non-hydrogen) atoms. The molecule has 0 saturated heterocycles. The Morgan fingerprint density at radius 3 is 2.55 bits per heavy atom. The SMILES string of the molecule is COC(=O)C(CCn1cnc2c(Cl)nc(N)nc21)C(=O)OC. The van der Waals surface area contributed by atoms with E-state index in [2.05, 4.69) is 24.4 Å². The third-order valence-corrected chi connectivity index (χ3v) is 3.33. The highest BCUT2D eigenvalue weighted by molar-refractivity contribution is 6.33. The van der Waals surface area contributed by atoms with Crippen molar-refractivity contribution in [2.24, 2.45) is 5.92 Å². The first kappa shape index (κ1) is 16.0. The quantitative estimate of drug-likeness (QED) is 0.476. The van der Waals surface area contributed by atoms with Crippen LogP contribution in [0.3, 0.4) is 0 Å². The smallest absolute Gasteiger partial charge is 0.320 e. The van der Waals surface area contributed by atoms with Crippen LogP contribution in [-0.2, 0) is 25.6 Å². The van der Waals surface area contributed by atoms with Crippen LogP contribution in [-0.4, -0.2) is 45.7 Å². The van der Waals surface area contributed by atoms with Crippen LogP contribution in [0.1, 0.15) is 6.42 Å². The molecule has 2 N–H and O–H groups in total. The molecule has 2 heterocycles. The van der Waals surface area contributed by atoms with Gasteiger partial charge in [-0.05, 0) is 6.42 Å². The van der Waals surface area contributed by atoms with E-state index in [-0.39, 0.29) is 24.1 Å². The number of aromatic nitrogens is 4. The molecule has 0 atom stereocenters. The lowest BCUT2D eigenvalue weighted by Crippen LogP contribution is -2.27. The average molecular weight is 328 g/mol. The van der Waals surface area contributed by atoms with Crippen molar-refractivity contribution in [3.05, 3.63) is 11.5 Å². The molecule has 2 rings (SSSR count). The summed E-state index contributed by atoms with van der Waals surface area (Å²) in [6.07, 6.45) is 1.64. The number of nitrogens with two attached hydrogens (primary N) is 1. The first-order valence-corrected chi connectivity index (χ1v) is 6.65. The molecule has 10 heteroatoms. The van der Waals surface area contributed by atoms with Crippen molar-refractivity contribution in [2.75, 3.05) is 20.0 Å². The maximum Gasteiger partial charge on any atom is 0.320 e. The van der Waals surface area contributed by atoms with E-state index in [1.807, 2.05) is 0 Å². The summed E-state index contributed by atoms with van der Waals surface area (Å²) in [7, 11) is 2.41. The fourth-order valence-electron chi connectivity index (χ4n) is 1.97. The zero-order valence-electron chi connectivity index (χ0n) is 11.9. The maximum atomic E-state index is 11.6. The highest BCUT2D eigenvalue weighted by atomic mass is 35.5. The molecule has 118 valence electrons. The van der Waals surface area contributed by atoms with Crippen molar-refractivity contribution < 1.29 is 19.1 Å². The number of nitrogens with zero attached hydrogens (tertiary/aromatic N) is 4. The Kier molecular flexibility index (Phi) is 4.76. The molecule has 2 aromatic heterocycles. The number of ether oxygens (including phenoxy) is 2. The minimum Gasteiger partial charge on any atom is -0.468 e. The highest BCUT2D eigenvalue weighted by Crippen LogP contribution is 2.20. The largest absolute Gasteiger partial charge is 0.468 e. The Labute approximate surface area is 130 Å². The van der Waals surface area contributed by atoms with E-state index in [0.717, 1.165) is 0 Å². The molecule has 0 saturated carbocycles. The number of aryl methyl sites for hydroxylation is 1. The molecule has 9 nitrogen and oxygen atoms in total. The van der Waals surface area contributed by atoms with Gasteiger partial charge in [0.2, 0.25) is 5.95 Å². The van der Waals surface area contributed by atoms with Crippen molar-refractivity contribution in [1.82, 2.24) is 19.5 Å². The predicted octanol–water partition coefficient (Wildman–Crippen LogP) is 0.414. The second-order valence-electron chi connectivity index (χ2n) is 4.37. The molecule has 0 amide bonds. The van der Waals surface area contributed by atoms with Gasteiger partial charge in [0.05, 0.1) is 20.5 Å². The number of esters is 2. The molecule has 0 bridgehead atoms. The number of methoxy groups -OCH3 is 2. The molecule has 0 unspecified atom stereocenters. The lowest BCUT2D eigenvalue weighted by Gasteiger charge is -2.12. The minimum absolute atomic E-state index is 0.0109. The van der Waals surface area contributed by atoms with Gasteiger partial charge in [0.15, 0.2) is 16.7 Å². The van der Waals surface area contributed by atoms with Gasteiger partial charge < -0.3 is 19.8 Å². The van der Waals surface area contributed by atoms with Gasteiger partial charge in [-0.1, -0.05) is 11.6 Å². The lowest BCUT2D eigenvalue weighted by molar-refractivity contribution is -0.159. The monoisotopic (exact) mass is 327 g/mol. The lowest BCUT2D eigenvalue weighted by atomic mass is 10.1. The van der Waals surface area contributed by atoms with E-state index in [1.165, 1.54) is 20.5 Å². The molecule has 0 aliphatic heterocycles. The zero-order chi connectivity index (χ0) is 16.3. The Morgan fingerprint density at radius 2 is 1.95 bits per heavy atom. The highest BCUT2D eigenvalue weighted by Gasteiger charge is 2.28. The van der Waals surface area contributed by atoms with Gasteiger partial charge in [0.1, 0.15) is 5.52 Å². The number of nitrogen functional groups attached to an aromatic ring is 1. The van der Waals surface area contributed by atoms with Crippen LogP contribution in [0.25, 0.3) is 11.2 Å². The van der Waals surface area contributed by atoms with Crippen molar-refractivity contribution in [3.8, 4) is 0 Å². The Bertz CT molecular complexity index is 701. The second-order valence-corrected chi connectivity index (χ2v) is 4.73. The number of rotatable bonds is 5. The van der Waals surface area contributed by atoms with Crippen LogP contribution in [0.5, 0.6) is 0 Å². The summed E-state index contributed by atoms with van der Waals surface area (Å²) in [6, 6.07) is 0. The molecule has 0 fully saturated rings. The van der Waals surface area contributed by atoms with E-state index < -0.39 is 17.9 Å². The zero-order valence-corrected chi connectivity index (χ0v) is 12.7. The first-order valence-electron chi connectivity index (χ1n) is 6.27. The summed E-state index contributed by atoms with van der Waals surface area (Å²) in [4.78, 5) is 35.2. The summed E-state index contributed by atoms with van der Waals surface area (Å²) in [5.74, 6) is -2.34. The van der Waals surface area contributed by atoms with Crippen molar-refractivity contribution in [3.63, 3.8) is 0 Å².